The van der Waals surface area contributed by atoms with Gasteiger partial charge < -0.3 is 5.32 Å². The van der Waals surface area contributed by atoms with E-state index in [1.165, 1.54) is 29.6 Å². The molecule has 142 valence electrons. The maximum atomic E-state index is 12.7. The minimum absolute atomic E-state index is 0.0608. The topological polar surface area (TPSA) is 78.8 Å². The van der Waals surface area contributed by atoms with Crippen molar-refractivity contribution in [2.45, 2.75) is 54.7 Å². The van der Waals surface area contributed by atoms with Gasteiger partial charge in [-0.1, -0.05) is 30.9 Å². The zero-order valence-electron chi connectivity index (χ0n) is 14.4. The van der Waals surface area contributed by atoms with E-state index in [1.807, 2.05) is 0 Å². The zero-order valence-corrected chi connectivity index (χ0v) is 16.8. The van der Waals surface area contributed by atoms with Crippen molar-refractivity contribution in [2.24, 2.45) is 10.9 Å². The van der Waals surface area contributed by atoms with Gasteiger partial charge in [0.1, 0.15) is 15.6 Å². The first-order chi connectivity index (χ1) is 12.4. The Labute approximate surface area is 162 Å². The first-order valence-electron chi connectivity index (χ1n) is 9.07. The third-order valence-electron chi connectivity index (χ3n) is 5.68. The number of hydrogen-bond donors (Lipinski definition) is 1. The molecule has 0 bridgehead atoms. The Kier molecular flexibility index (Phi) is 4.88. The number of nitrogens with zero attached hydrogens (tertiary/aromatic N) is 2. The Bertz CT molecular complexity index is 835. The van der Waals surface area contributed by atoms with E-state index in [0.29, 0.717) is 36.2 Å². The van der Waals surface area contributed by atoms with Crippen LogP contribution in [0.25, 0.3) is 0 Å². The zero-order chi connectivity index (χ0) is 18.4. The molecular formula is C17H22ClN3O3S2. The number of hydrogen-bond acceptors (Lipinski definition) is 5. The van der Waals surface area contributed by atoms with Gasteiger partial charge in [0.25, 0.3) is 15.9 Å². The van der Waals surface area contributed by atoms with Crippen molar-refractivity contribution in [2.75, 3.05) is 13.1 Å². The van der Waals surface area contributed by atoms with E-state index in [9.17, 15) is 13.2 Å². The fourth-order valence-corrected chi connectivity index (χ4v) is 7.19. The number of rotatable bonds is 3. The molecule has 1 spiro atoms. The predicted octanol–water partition coefficient (Wildman–Crippen LogP) is 3.03. The second-order valence-corrected chi connectivity index (χ2v) is 11.2. The van der Waals surface area contributed by atoms with E-state index >= 15 is 0 Å². The van der Waals surface area contributed by atoms with Crippen molar-refractivity contribution in [1.82, 2.24) is 9.62 Å². The summed E-state index contributed by atoms with van der Waals surface area (Å²) >= 11 is 6.94. The van der Waals surface area contributed by atoms with Gasteiger partial charge in [-0.2, -0.15) is 4.31 Å². The van der Waals surface area contributed by atoms with Gasteiger partial charge >= 0.3 is 0 Å². The lowest BCUT2D eigenvalue weighted by Gasteiger charge is -2.34. The number of aliphatic imine (C=N–C) groups is 1. The summed E-state index contributed by atoms with van der Waals surface area (Å²) < 4.78 is 27.6. The van der Waals surface area contributed by atoms with Gasteiger partial charge in [-0.3, -0.25) is 9.79 Å². The number of halogens is 1. The molecule has 2 aliphatic heterocycles. The molecule has 1 aromatic heterocycles. The van der Waals surface area contributed by atoms with Crippen LogP contribution in [-0.2, 0) is 14.8 Å². The average molecular weight is 416 g/mol. The van der Waals surface area contributed by atoms with Gasteiger partial charge in [-0.05, 0) is 37.8 Å². The van der Waals surface area contributed by atoms with Crippen LogP contribution in [0.5, 0.6) is 0 Å². The molecule has 3 heterocycles. The van der Waals surface area contributed by atoms with Gasteiger partial charge in [0.15, 0.2) is 0 Å². The number of carbonyl (C=O) groups is 1. The molecule has 1 saturated carbocycles. The molecule has 1 amide bonds. The fraction of sp³-hybridized carbons (Fsp3) is 0.647. The van der Waals surface area contributed by atoms with Crippen molar-refractivity contribution in [3.8, 4) is 0 Å². The van der Waals surface area contributed by atoms with Crippen molar-refractivity contribution < 1.29 is 13.2 Å². The number of sulfonamides is 1. The summed E-state index contributed by atoms with van der Waals surface area (Å²) in [7, 11) is -3.55. The van der Waals surface area contributed by atoms with Gasteiger partial charge in [0, 0.05) is 19.0 Å². The standard InChI is InChI=1S/C17H22ClN3O3S2/c18-13-6-7-14(25-13)26(23,24)21-10-8-17(9-11-21)16(22)19-15(20-17)12-4-2-1-3-5-12/h6-7,12H,1-5,8-11H2,(H,19,20,22). The van der Waals surface area contributed by atoms with Gasteiger partial charge in [-0.15, -0.1) is 11.3 Å². The Hall–Kier alpha value is -0.960. The lowest BCUT2D eigenvalue weighted by molar-refractivity contribution is -0.125. The molecule has 1 aromatic rings. The fourth-order valence-electron chi connectivity index (χ4n) is 4.11. The molecule has 0 radical (unpaired) electrons. The smallest absolute Gasteiger partial charge is 0.253 e. The highest BCUT2D eigenvalue weighted by Gasteiger charge is 2.48. The number of nitrogens with one attached hydrogen (secondary N) is 1. The van der Waals surface area contributed by atoms with Crippen molar-refractivity contribution in [3.63, 3.8) is 0 Å². The molecule has 3 aliphatic rings. The minimum atomic E-state index is -3.55. The summed E-state index contributed by atoms with van der Waals surface area (Å²) in [5, 5.41) is 3.00. The first-order valence-corrected chi connectivity index (χ1v) is 11.7. The van der Waals surface area contributed by atoms with Crippen molar-refractivity contribution in [1.29, 1.82) is 0 Å². The monoisotopic (exact) mass is 415 g/mol. The highest BCUT2D eigenvalue weighted by Crippen LogP contribution is 2.36. The third-order valence-corrected chi connectivity index (χ3v) is 9.28. The van der Waals surface area contributed by atoms with E-state index in [-0.39, 0.29) is 10.1 Å². The highest BCUT2D eigenvalue weighted by molar-refractivity contribution is 7.91. The van der Waals surface area contributed by atoms with Gasteiger partial charge in [0.05, 0.1) is 4.34 Å². The molecule has 6 nitrogen and oxygen atoms in total. The van der Waals surface area contributed by atoms with Crippen LogP contribution < -0.4 is 5.32 Å². The van der Waals surface area contributed by atoms with E-state index < -0.39 is 15.6 Å². The van der Waals surface area contributed by atoms with Gasteiger partial charge in [-0.25, -0.2) is 8.42 Å². The molecule has 26 heavy (non-hydrogen) atoms. The summed E-state index contributed by atoms with van der Waals surface area (Å²) in [6.45, 7) is 0.597. The quantitative estimate of drug-likeness (QED) is 0.823. The van der Waals surface area contributed by atoms with Crippen LogP contribution in [0.2, 0.25) is 4.34 Å². The molecule has 9 heteroatoms. The minimum Gasteiger partial charge on any atom is -0.312 e. The van der Waals surface area contributed by atoms with Gasteiger partial charge in [0.2, 0.25) is 0 Å². The lowest BCUT2D eigenvalue weighted by atomic mass is 9.88. The van der Waals surface area contributed by atoms with Crippen LogP contribution in [0.3, 0.4) is 0 Å². The van der Waals surface area contributed by atoms with Crippen LogP contribution in [0, 0.1) is 5.92 Å². The van der Waals surface area contributed by atoms with Crippen molar-refractivity contribution >= 4 is 44.7 Å². The highest BCUT2D eigenvalue weighted by atomic mass is 35.5. The van der Waals surface area contributed by atoms with E-state index in [0.717, 1.165) is 30.0 Å². The predicted molar refractivity (Wildman–Crippen MR) is 102 cm³/mol. The Balaban J connectivity index is 1.49. The Morgan fingerprint density at radius 3 is 2.50 bits per heavy atom. The summed E-state index contributed by atoms with van der Waals surface area (Å²) in [5.41, 5.74) is -0.786. The summed E-state index contributed by atoms with van der Waals surface area (Å²) in [5.74, 6) is 1.12. The van der Waals surface area contributed by atoms with Crippen LogP contribution >= 0.6 is 22.9 Å². The molecule has 0 unspecified atom stereocenters. The second-order valence-electron chi connectivity index (χ2n) is 7.28. The normalized spacial score (nSPS) is 24.7. The van der Waals surface area contributed by atoms with E-state index in [4.69, 9.17) is 16.6 Å². The van der Waals surface area contributed by atoms with E-state index in [2.05, 4.69) is 5.32 Å². The lowest BCUT2D eigenvalue weighted by Crippen LogP contribution is -2.50. The Morgan fingerprint density at radius 2 is 1.88 bits per heavy atom. The van der Waals surface area contributed by atoms with Crippen LogP contribution in [0.1, 0.15) is 44.9 Å². The van der Waals surface area contributed by atoms with Crippen LogP contribution in [0.4, 0.5) is 0 Å². The van der Waals surface area contributed by atoms with E-state index in [1.54, 1.807) is 6.07 Å². The number of amides is 1. The molecule has 1 aliphatic carbocycles. The molecule has 1 saturated heterocycles. The average Bonchev–Trinajstić information content (AvgIpc) is 3.21. The maximum Gasteiger partial charge on any atom is 0.253 e. The Morgan fingerprint density at radius 1 is 1.19 bits per heavy atom. The molecule has 4 rings (SSSR count). The summed E-state index contributed by atoms with van der Waals surface area (Å²) in [4.78, 5) is 17.4. The number of thiophene rings is 1. The SMILES string of the molecule is O=C1NC(C2CCCCC2)=NC12CCN(S(=O)(=O)c1ccc(Cl)s1)CC2. The first kappa shape index (κ1) is 18.4. The van der Waals surface area contributed by atoms with Crippen LogP contribution in [0.15, 0.2) is 21.3 Å². The molecule has 0 atom stereocenters. The molecule has 0 aromatic carbocycles. The summed E-state index contributed by atoms with van der Waals surface area (Å²) in [6, 6.07) is 3.13. The number of carbonyl (C=O) groups excluding carboxylic acids is 1. The van der Waals surface area contributed by atoms with Crippen molar-refractivity contribution in [3.05, 3.63) is 16.5 Å². The number of amidine groups is 1. The summed E-state index contributed by atoms with van der Waals surface area (Å²) in [6.07, 6.45) is 6.62. The number of piperidine rings is 1. The third kappa shape index (κ3) is 3.21. The van der Waals surface area contributed by atoms with Crippen LogP contribution in [-0.4, -0.2) is 43.1 Å². The molecule has 1 N–H and O–H groups in total. The largest absolute Gasteiger partial charge is 0.312 e. The maximum absolute atomic E-state index is 12.7. The molecule has 2 fully saturated rings. The molecular weight excluding hydrogens is 394 g/mol. The second kappa shape index (κ2) is 6.89.